The third-order valence-electron chi connectivity index (χ3n) is 12.7. The number of esters is 3. The van der Waals surface area contributed by atoms with Gasteiger partial charge < -0.3 is 14.2 Å². The molecule has 0 N–H and O–H groups in total. The number of ether oxygens (including phenoxy) is 3. The van der Waals surface area contributed by atoms with Gasteiger partial charge in [0.25, 0.3) is 0 Å². The molecule has 1 atom stereocenters. The van der Waals surface area contributed by atoms with Crippen LogP contribution in [-0.4, -0.2) is 37.2 Å². The van der Waals surface area contributed by atoms with Gasteiger partial charge in [-0.15, -0.1) is 0 Å². The molecule has 0 aromatic carbocycles. The predicted molar refractivity (Wildman–Crippen MR) is 275 cm³/mol. The van der Waals surface area contributed by atoms with Gasteiger partial charge >= 0.3 is 17.9 Å². The molecule has 0 amide bonds. The lowest BCUT2D eigenvalue weighted by Crippen LogP contribution is -2.30. The first-order chi connectivity index (χ1) is 31.5. The van der Waals surface area contributed by atoms with E-state index in [0.717, 1.165) is 70.6 Å². The normalized spacial score (nSPS) is 12.1. The highest BCUT2D eigenvalue weighted by Crippen LogP contribution is 2.17. The van der Waals surface area contributed by atoms with Crippen molar-refractivity contribution in [3.8, 4) is 0 Å². The molecule has 0 radical (unpaired) electrons. The molecule has 0 unspecified atom stereocenters. The molecule has 0 spiro atoms. The highest BCUT2D eigenvalue weighted by atomic mass is 16.6. The molecule has 6 nitrogen and oxygen atoms in total. The first-order valence-corrected chi connectivity index (χ1v) is 28.3. The van der Waals surface area contributed by atoms with E-state index in [2.05, 4.69) is 45.1 Å². The number of hydrogen-bond acceptors (Lipinski definition) is 6. The first kappa shape index (κ1) is 61.9. The van der Waals surface area contributed by atoms with Crippen molar-refractivity contribution in [3.63, 3.8) is 0 Å². The van der Waals surface area contributed by atoms with Crippen LogP contribution in [0.3, 0.4) is 0 Å². The van der Waals surface area contributed by atoms with Crippen LogP contribution >= 0.6 is 0 Å². The Labute approximate surface area is 398 Å². The average molecular weight is 901 g/mol. The Morgan fingerprint density at radius 1 is 0.312 bits per heavy atom. The molecule has 0 aliphatic carbocycles. The zero-order chi connectivity index (χ0) is 46.5. The molecular weight excluding hydrogens is 793 g/mol. The fraction of sp³-hybridized carbons (Fsp3) is 0.879. The van der Waals surface area contributed by atoms with Gasteiger partial charge in [0.1, 0.15) is 13.2 Å². The van der Waals surface area contributed by atoms with Gasteiger partial charge in [-0.1, -0.05) is 263 Å². The van der Waals surface area contributed by atoms with E-state index >= 15 is 0 Å². The van der Waals surface area contributed by atoms with E-state index in [1.165, 1.54) is 199 Å². The second-order valence-corrected chi connectivity index (χ2v) is 19.2. The average Bonchev–Trinajstić information content (AvgIpc) is 3.29. The quantitative estimate of drug-likeness (QED) is 0.0262. The van der Waals surface area contributed by atoms with Crippen molar-refractivity contribution in [2.75, 3.05) is 13.2 Å². The van der Waals surface area contributed by atoms with Gasteiger partial charge in [-0.3, -0.25) is 14.4 Å². The fourth-order valence-electron chi connectivity index (χ4n) is 8.42. The molecule has 6 heteroatoms. The van der Waals surface area contributed by atoms with Gasteiger partial charge in [0.15, 0.2) is 6.10 Å². The molecular formula is C58H108O6. The molecule has 0 rings (SSSR count). The van der Waals surface area contributed by atoms with E-state index in [9.17, 15) is 14.4 Å². The molecule has 0 saturated heterocycles. The second kappa shape index (κ2) is 53.5. The standard InChI is InChI=1S/C58H108O6/c1-4-7-10-13-16-19-22-25-27-29-31-33-36-39-42-45-48-51-57(60)63-54-55(53-62-56(59)50-47-44-41-38-35-24-21-18-15-12-9-6-3)64-58(61)52-49-46-43-40-37-34-32-30-28-26-23-20-17-14-11-8-5-2/h17,20,26,28,55H,4-16,18-19,21-25,27,29-54H2,1-3H3/b20-17-,28-26-/t55-/m0/s1. The highest BCUT2D eigenvalue weighted by molar-refractivity contribution is 5.71. The van der Waals surface area contributed by atoms with Crippen molar-refractivity contribution < 1.29 is 28.6 Å². The van der Waals surface area contributed by atoms with Gasteiger partial charge in [0.2, 0.25) is 0 Å². The van der Waals surface area contributed by atoms with Crippen molar-refractivity contribution in [2.24, 2.45) is 0 Å². The number of allylic oxidation sites excluding steroid dienone is 4. The summed E-state index contributed by atoms with van der Waals surface area (Å²) >= 11 is 0. The highest BCUT2D eigenvalue weighted by Gasteiger charge is 2.19. The zero-order valence-corrected chi connectivity index (χ0v) is 43.1. The molecule has 0 heterocycles. The van der Waals surface area contributed by atoms with Gasteiger partial charge in [-0.05, 0) is 51.4 Å². The van der Waals surface area contributed by atoms with Crippen LogP contribution in [0.25, 0.3) is 0 Å². The molecule has 0 saturated carbocycles. The molecule has 0 aliphatic heterocycles. The lowest BCUT2D eigenvalue weighted by atomic mass is 10.0. The summed E-state index contributed by atoms with van der Waals surface area (Å²) < 4.78 is 16.9. The van der Waals surface area contributed by atoms with Crippen LogP contribution in [0, 0.1) is 0 Å². The smallest absolute Gasteiger partial charge is 0.306 e. The lowest BCUT2D eigenvalue weighted by molar-refractivity contribution is -0.167. The Balaban J connectivity index is 4.32. The Hall–Kier alpha value is -2.11. The molecule has 0 aliphatic rings. The Morgan fingerprint density at radius 2 is 0.562 bits per heavy atom. The minimum atomic E-state index is -0.770. The van der Waals surface area contributed by atoms with Crippen LogP contribution in [0.15, 0.2) is 24.3 Å². The minimum Gasteiger partial charge on any atom is -0.462 e. The van der Waals surface area contributed by atoms with Gasteiger partial charge in [0.05, 0.1) is 0 Å². The van der Waals surface area contributed by atoms with Crippen molar-refractivity contribution in [2.45, 2.75) is 316 Å². The number of carbonyl (C=O) groups is 3. The van der Waals surface area contributed by atoms with E-state index < -0.39 is 6.10 Å². The summed E-state index contributed by atoms with van der Waals surface area (Å²) in [5.74, 6) is -0.857. The Morgan fingerprint density at radius 3 is 0.891 bits per heavy atom. The van der Waals surface area contributed by atoms with E-state index in [0.29, 0.717) is 19.3 Å². The van der Waals surface area contributed by atoms with Crippen LogP contribution in [0.1, 0.15) is 310 Å². The summed E-state index contributed by atoms with van der Waals surface area (Å²) in [7, 11) is 0. The van der Waals surface area contributed by atoms with Crippen LogP contribution in [0.5, 0.6) is 0 Å². The van der Waals surface area contributed by atoms with Crippen molar-refractivity contribution in [1.29, 1.82) is 0 Å². The summed E-state index contributed by atoms with van der Waals surface area (Å²) in [6, 6.07) is 0. The summed E-state index contributed by atoms with van der Waals surface area (Å²) in [5.41, 5.74) is 0. The molecule has 64 heavy (non-hydrogen) atoms. The minimum absolute atomic E-state index is 0.0691. The third-order valence-corrected chi connectivity index (χ3v) is 12.7. The fourth-order valence-corrected chi connectivity index (χ4v) is 8.42. The molecule has 0 aromatic rings. The summed E-state index contributed by atoms with van der Waals surface area (Å²) in [6.45, 7) is 6.65. The van der Waals surface area contributed by atoms with Gasteiger partial charge in [0, 0.05) is 19.3 Å². The molecule has 0 bridgehead atoms. The molecule has 376 valence electrons. The van der Waals surface area contributed by atoms with Gasteiger partial charge in [-0.25, -0.2) is 0 Å². The molecule has 0 fully saturated rings. The maximum Gasteiger partial charge on any atom is 0.306 e. The van der Waals surface area contributed by atoms with Crippen LogP contribution in [0.4, 0.5) is 0 Å². The number of hydrogen-bond donors (Lipinski definition) is 0. The van der Waals surface area contributed by atoms with Crippen molar-refractivity contribution in [3.05, 3.63) is 24.3 Å². The summed E-state index contributed by atoms with van der Waals surface area (Å²) in [4.78, 5) is 38.1. The maximum atomic E-state index is 12.8. The zero-order valence-electron chi connectivity index (χ0n) is 43.1. The Bertz CT molecular complexity index is 1040. The topological polar surface area (TPSA) is 78.9 Å². The molecule has 0 aromatic heterocycles. The van der Waals surface area contributed by atoms with Crippen LogP contribution < -0.4 is 0 Å². The second-order valence-electron chi connectivity index (χ2n) is 19.2. The lowest BCUT2D eigenvalue weighted by Gasteiger charge is -2.18. The largest absolute Gasteiger partial charge is 0.462 e. The Kier molecular flexibility index (Phi) is 51.7. The van der Waals surface area contributed by atoms with Crippen LogP contribution in [0.2, 0.25) is 0 Å². The summed E-state index contributed by atoms with van der Waals surface area (Å²) in [6.07, 6.45) is 61.6. The van der Waals surface area contributed by atoms with Crippen LogP contribution in [-0.2, 0) is 28.6 Å². The van der Waals surface area contributed by atoms with Crippen molar-refractivity contribution in [1.82, 2.24) is 0 Å². The third kappa shape index (κ3) is 50.9. The number of unbranched alkanes of at least 4 members (excludes halogenated alkanes) is 37. The maximum absolute atomic E-state index is 12.8. The monoisotopic (exact) mass is 901 g/mol. The number of rotatable bonds is 52. The van der Waals surface area contributed by atoms with E-state index in [1.54, 1.807) is 0 Å². The predicted octanol–water partition coefficient (Wildman–Crippen LogP) is 18.7. The first-order valence-electron chi connectivity index (χ1n) is 28.3. The van der Waals surface area contributed by atoms with E-state index in [-0.39, 0.29) is 31.1 Å². The summed E-state index contributed by atoms with van der Waals surface area (Å²) in [5, 5.41) is 0. The SMILES string of the molecule is CCCCC/C=C\C/C=C\CCCCCCCCCC(=O)O[C@@H](COC(=O)CCCCCCCCCCCCCC)COC(=O)CCCCCCCCCCCCCCCCCCC. The number of carbonyl (C=O) groups excluding carboxylic acids is 3. The van der Waals surface area contributed by atoms with Gasteiger partial charge in [-0.2, -0.15) is 0 Å². The van der Waals surface area contributed by atoms with E-state index in [1.807, 2.05) is 0 Å². The van der Waals surface area contributed by atoms with Crippen molar-refractivity contribution >= 4 is 17.9 Å². The van der Waals surface area contributed by atoms with E-state index in [4.69, 9.17) is 14.2 Å².